The Hall–Kier alpha value is -2.20. The Kier molecular flexibility index (Phi) is 4.48. The summed E-state index contributed by atoms with van der Waals surface area (Å²) in [5.41, 5.74) is 7.31. The Morgan fingerprint density at radius 2 is 2.00 bits per heavy atom. The van der Waals surface area contributed by atoms with E-state index in [9.17, 15) is 4.79 Å². The van der Waals surface area contributed by atoms with E-state index in [1.165, 1.54) is 0 Å². The van der Waals surface area contributed by atoms with E-state index in [2.05, 4.69) is 5.32 Å². The number of hydrogen-bond acceptors (Lipinski definition) is 3. The molecule has 0 aliphatic rings. The molecule has 2 aromatic rings. The van der Waals surface area contributed by atoms with Gasteiger partial charge in [-0.05, 0) is 18.2 Å². The molecule has 0 fully saturated rings. The van der Waals surface area contributed by atoms with Crippen LogP contribution in [0, 0.1) is 0 Å². The highest BCUT2D eigenvalue weighted by Gasteiger charge is 2.14. The normalized spacial score (nSPS) is 10.1. The van der Waals surface area contributed by atoms with Crippen LogP contribution in [0.4, 0.5) is 5.69 Å². The van der Waals surface area contributed by atoms with Gasteiger partial charge in [-0.25, -0.2) is 0 Å². The van der Waals surface area contributed by atoms with Gasteiger partial charge in [0.1, 0.15) is 5.75 Å². The van der Waals surface area contributed by atoms with Crippen molar-refractivity contribution in [1.82, 2.24) is 5.32 Å². The lowest BCUT2D eigenvalue weighted by atomic mass is 10.1. The van der Waals surface area contributed by atoms with Crippen molar-refractivity contribution in [2.45, 2.75) is 6.54 Å². The van der Waals surface area contributed by atoms with E-state index < -0.39 is 0 Å². The van der Waals surface area contributed by atoms with Crippen LogP contribution in [0.1, 0.15) is 15.9 Å². The van der Waals surface area contributed by atoms with Crippen LogP contribution in [0.15, 0.2) is 42.5 Å². The first-order chi connectivity index (χ1) is 9.63. The standard InChI is InChI=1S/C15H15ClN2O2/c1-20-13-8-3-2-5-10(13)9-18-15(19)14-11(16)6-4-7-12(14)17/h2-8H,9,17H2,1H3,(H,18,19). The minimum atomic E-state index is -0.306. The van der Waals surface area contributed by atoms with Gasteiger partial charge in [0.15, 0.2) is 0 Å². The van der Waals surface area contributed by atoms with E-state index in [0.29, 0.717) is 22.8 Å². The summed E-state index contributed by atoms with van der Waals surface area (Å²) in [5.74, 6) is 0.416. The number of nitrogen functional groups attached to an aromatic ring is 1. The number of ether oxygens (including phenoxy) is 1. The molecule has 3 N–H and O–H groups in total. The van der Waals surface area contributed by atoms with E-state index >= 15 is 0 Å². The predicted octanol–water partition coefficient (Wildman–Crippen LogP) is 2.86. The summed E-state index contributed by atoms with van der Waals surface area (Å²) in [4.78, 5) is 12.1. The van der Waals surface area contributed by atoms with Crippen LogP contribution in [-0.2, 0) is 6.54 Å². The average molecular weight is 291 g/mol. The fourth-order valence-corrected chi connectivity index (χ4v) is 2.16. The van der Waals surface area contributed by atoms with E-state index in [0.717, 1.165) is 11.3 Å². The number of methoxy groups -OCH3 is 1. The summed E-state index contributed by atoms with van der Waals surface area (Å²) >= 11 is 6.00. The molecular formula is C15H15ClN2O2. The zero-order valence-corrected chi connectivity index (χ0v) is 11.8. The molecule has 0 radical (unpaired) electrons. The van der Waals surface area contributed by atoms with Crippen LogP contribution >= 0.6 is 11.6 Å². The fraction of sp³-hybridized carbons (Fsp3) is 0.133. The summed E-state index contributed by atoms with van der Waals surface area (Å²) in [6.07, 6.45) is 0. The van der Waals surface area contributed by atoms with Gasteiger partial charge in [-0.3, -0.25) is 4.79 Å². The number of hydrogen-bond donors (Lipinski definition) is 2. The number of anilines is 1. The molecule has 0 aliphatic heterocycles. The summed E-state index contributed by atoms with van der Waals surface area (Å²) in [6, 6.07) is 12.5. The first kappa shape index (κ1) is 14.2. The lowest BCUT2D eigenvalue weighted by molar-refractivity contribution is 0.0951. The molecule has 0 aromatic heterocycles. The Balaban J connectivity index is 2.13. The van der Waals surface area contributed by atoms with Gasteiger partial charge in [-0.1, -0.05) is 35.9 Å². The van der Waals surface area contributed by atoms with Crippen LogP contribution in [0.2, 0.25) is 5.02 Å². The van der Waals surface area contributed by atoms with Gasteiger partial charge in [0.2, 0.25) is 0 Å². The smallest absolute Gasteiger partial charge is 0.255 e. The fourth-order valence-electron chi connectivity index (χ4n) is 1.89. The largest absolute Gasteiger partial charge is 0.496 e. The van der Waals surface area contributed by atoms with Gasteiger partial charge in [0.25, 0.3) is 5.91 Å². The van der Waals surface area contributed by atoms with Crippen molar-refractivity contribution in [3.8, 4) is 5.75 Å². The molecule has 20 heavy (non-hydrogen) atoms. The quantitative estimate of drug-likeness (QED) is 0.851. The van der Waals surface area contributed by atoms with Crippen molar-refractivity contribution in [3.63, 3.8) is 0 Å². The molecule has 0 bridgehead atoms. The summed E-state index contributed by atoms with van der Waals surface area (Å²) in [6.45, 7) is 0.341. The van der Waals surface area contributed by atoms with E-state index in [1.807, 2.05) is 24.3 Å². The Morgan fingerprint density at radius 1 is 1.25 bits per heavy atom. The number of benzene rings is 2. The van der Waals surface area contributed by atoms with Crippen LogP contribution < -0.4 is 15.8 Å². The topological polar surface area (TPSA) is 64.3 Å². The lowest BCUT2D eigenvalue weighted by Crippen LogP contribution is -2.24. The number of carbonyl (C=O) groups is 1. The Labute approximate surface area is 122 Å². The minimum Gasteiger partial charge on any atom is -0.496 e. The van der Waals surface area contributed by atoms with Crippen molar-refractivity contribution in [2.24, 2.45) is 0 Å². The predicted molar refractivity (Wildman–Crippen MR) is 80.0 cm³/mol. The minimum absolute atomic E-state index is 0.295. The third-order valence-corrected chi connectivity index (χ3v) is 3.22. The molecule has 2 aromatic carbocycles. The average Bonchev–Trinajstić information content (AvgIpc) is 2.45. The maximum Gasteiger partial charge on any atom is 0.255 e. The van der Waals surface area contributed by atoms with Crippen molar-refractivity contribution in [2.75, 3.05) is 12.8 Å². The number of carbonyl (C=O) groups excluding carboxylic acids is 1. The van der Waals surface area contributed by atoms with Crippen molar-refractivity contribution in [1.29, 1.82) is 0 Å². The molecule has 5 heteroatoms. The van der Waals surface area contributed by atoms with Gasteiger partial charge in [0, 0.05) is 17.8 Å². The van der Waals surface area contributed by atoms with Crippen molar-refractivity contribution >= 4 is 23.2 Å². The number of nitrogens with one attached hydrogen (secondary N) is 1. The number of amides is 1. The monoisotopic (exact) mass is 290 g/mol. The summed E-state index contributed by atoms with van der Waals surface area (Å²) < 4.78 is 5.23. The second kappa shape index (κ2) is 6.30. The highest BCUT2D eigenvalue weighted by molar-refractivity contribution is 6.34. The second-order valence-electron chi connectivity index (χ2n) is 4.20. The van der Waals surface area contributed by atoms with E-state index in [1.54, 1.807) is 25.3 Å². The molecule has 0 saturated heterocycles. The first-order valence-electron chi connectivity index (χ1n) is 6.07. The number of nitrogens with two attached hydrogens (primary N) is 1. The highest BCUT2D eigenvalue weighted by atomic mass is 35.5. The lowest BCUT2D eigenvalue weighted by Gasteiger charge is -2.11. The molecule has 4 nitrogen and oxygen atoms in total. The molecule has 0 heterocycles. The maximum absolute atomic E-state index is 12.1. The van der Waals surface area contributed by atoms with Gasteiger partial charge in [-0.2, -0.15) is 0 Å². The SMILES string of the molecule is COc1ccccc1CNC(=O)c1c(N)cccc1Cl. The van der Waals surface area contributed by atoms with Gasteiger partial charge in [0.05, 0.1) is 17.7 Å². The Bertz CT molecular complexity index is 609. The number of rotatable bonds is 4. The number of halogens is 1. The second-order valence-corrected chi connectivity index (χ2v) is 4.61. The van der Waals surface area contributed by atoms with Crippen LogP contribution in [0.3, 0.4) is 0 Å². The molecule has 0 atom stereocenters. The number of para-hydroxylation sites is 1. The summed E-state index contributed by atoms with van der Waals surface area (Å²) in [5, 5.41) is 3.12. The zero-order valence-electron chi connectivity index (χ0n) is 11.0. The van der Waals surface area contributed by atoms with Crippen LogP contribution in [-0.4, -0.2) is 13.0 Å². The molecule has 104 valence electrons. The van der Waals surface area contributed by atoms with Crippen LogP contribution in [0.25, 0.3) is 0 Å². The van der Waals surface area contributed by atoms with Gasteiger partial charge < -0.3 is 15.8 Å². The Morgan fingerprint density at radius 3 is 2.70 bits per heavy atom. The third-order valence-electron chi connectivity index (χ3n) is 2.90. The zero-order chi connectivity index (χ0) is 14.5. The maximum atomic E-state index is 12.1. The first-order valence-corrected chi connectivity index (χ1v) is 6.45. The molecule has 1 amide bonds. The van der Waals surface area contributed by atoms with Gasteiger partial charge >= 0.3 is 0 Å². The molecule has 2 rings (SSSR count). The van der Waals surface area contributed by atoms with E-state index in [4.69, 9.17) is 22.1 Å². The third kappa shape index (κ3) is 3.03. The van der Waals surface area contributed by atoms with E-state index in [-0.39, 0.29) is 5.91 Å². The molecule has 0 unspecified atom stereocenters. The molecule has 0 spiro atoms. The van der Waals surface area contributed by atoms with Gasteiger partial charge in [-0.15, -0.1) is 0 Å². The molecule has 0 aliphatic carbocycles. The van der Waals surface area contributed by atoms with Crippen molar-refractivity contribution in [3.05, 3.63) is 58.6 Å². The van der Waals surface area contributed by atoms with Crippen LogP contribution in [0.5, 0.6) is 5.75 Å². The molecular weight excluding hydrogens is 276 g/mol. The highest BCUT2D eigenvalue weighted by Crippen LogP contribution is 2.22. The molecule has 0 saturated carbocycles. The van der Waals surface area contributed by atoms with Crippen molar-refractivity contribution < 1.29 is 9.53 Å². The summed E-state index contributed by atoms with van der Waals surface area (Å²) in [7, 11) is 1.59.